The monoisotopic (exact) mass is 388 g/mol. The quantitative estimate of drug-likeness (QED) is 0.821. The molecule has 0 spiro atoms. The maximum atomic E-state index is 14.2. The second kappa shape index (κ2) is 6.30. The van der Waals surface area contributed by atoms with Crippen molar-refractivity contribution in [1.82, 2.24) is 10.2 Å². The van der Waals surface area contributed by atoms with E-state index in [-0.39, 0.29) is 17.2 Å². The Morgan fingerprint density at radius 2 is 2.00 bits per heavy atom. The maximum Gasteiger partial charge on any atom is 0.332 e. The highest BCUT2D eigenvalue weighted by Gasteiger charge is 2.65. The predicted molar refractivity (Wildman–Crippen MR) is 97.6 cm³/mol. The van der Waals surface area contributed by atoms with E-state index in [1.54, 1.807) is 13.0 Å². The average molecular weight is 388 g/mol. The molecule has 2 aliphatic carbocycles. The standard InChI is InChI=1S/C21H22F2N2O3/c1-4-16(19(26)27)28-21-9-8-12(20(21,2)3)11-10-15(24-25-18(11)21)17-13(22)6-5-7-14(17)23/h5-7,10,12,16H,4,8-9H2,1-3H3,(H,26,27)/t12-,16+,21-/m0/s1. The molecule has 1 fully saturated rings. The number of carbonyl (C=O) groups is 1. The van der Waals surface area contributed by atoms with Gasteiger partial charge in [-0.25, -0.2) is 13.6 Å². The van der Waals surface area contributed by atoms with E-state index in [1.807, 2.05) is 13.8 Å². The van der Waals surface area contributed by atoms with Crippen LogP contribution < -0.4 is 0 Å². The number of ether oxygens (including phenoxy) is 1. The molecule has 4 rings (SSSR count). The Labute approximate surface area is 161 Å². The van der Waals surface area contributed by atoms with Crippen LogP contribution in [0.2, 0.25) is 0 Å². The summed E-state index contributed by atoms with van der Waals surface area (Å²) in [5.41, 5.74) is 0.0894. The third-order valence-electron chi connectivity index (χ3n) is 6.49. The summed E-state index contributed by atoms with van der Waals surface area (Å²) in [6, 6.07) is 5.36. The third-order valence-corrected chi connectivity index (χ3v) is 6.49. The fraction of sp³-hybridized carbons (Fsp3) is 0.476. The molecular formula is C21H22F2N2O3. The van der Waals surface area contributed by atoms with Gasteiger partial charge >= 0.3 is 5.97 Å². The van der Waals surface area contributed by atoms with Crippen LogP contribution >= 0.6 is 0 Å². The highest BCUT2D eigenvalue weighted by atomic mass is 19.1. The summed E-state index contributed by atoms with van der Waals surface area (Å²) < 4.78 is 34.6. The van der Waals surface area contributed by atoms with E-state index in [4.69, 9.17) is 4.74 Å². The maximum absolute atomic E-state index is 14.2. The second-order valence-corrected chi connectivity index (χ2v) is 8.12. The number of benzene rings is 1. The molecule has 0 aliphatic heterocycles. The van der Waals surface area contributed by atoms with Crippen molar-refractivity contribution in [3.05, 3.63) is 47.2 Å². The Morgan fingerprint density at radius 3 is 2.61 bits per heavy atom. The number of rotatable bonds is 5. The van der Waals surface area contributed by atoms with E-state index in [0.29, 0.717) is 18.5 Å². The van der Waals surface area contributed by atoms with Crippen molar-refractivity contribution in [3.8, 4) is 11.3 Å². The first kappa shape index (κ1) is 18.9. The van der Waals surface area contributed by atoms with Gasteiger partial charge in [-0.2, -0.15) is 5.10 Å². The van der Waals surface area contributed by atoms with Gasteiger partial charge in [0.1, 0.15) is 17.2 Å². The Morgan fingerprint density at radius 1 is 1.32 bits per heavy atom. The van der Waals surface area contributed by atoms with E-state index in [0.717, 1.165) is 12.0 Å². The van der Waals surface area contributed by atoms with Crippen LogP contribution in [0, 0.1) is 17.0 Å². The Kier molecular flexibility index (Phi) is 4.26. The van der Waals surface area contributed by atoms with Gasteiger partial charge in [0.05, 0.1) is 17.0 Å². The van der Waals surface area contributed by atoms with Crippen molar-refractivity contribution >= 4 is 5.97 Å². The summed E-state index contributed by atoms with van der Waals surface area (Å²) in [6.07, 6.45) is 0.818. The molecule has 0 saturated heterocycles. The SMILES string of the molecule is CC[C@@H](O[C@@]12CC[C@@H](c3cc(-c4c(F)cccc4F)nnc31)C2(C)C)C(=O)O. The number of carboxylic acids is 1. The zero-order valence-corrected chi connectivity index (χ0v) is 16.0. The Hall–Kier alpha value is -2.41. The molecule has 148 valence electrons. The smallest absolute Gasteiger partial charge is 0.332 e. The number of aliphatic carboxylic acids is 1. The van der Waals surface area contributed by atoms with Gasteiger partial charge in [0.25, 0.3) is 0 Å². The zero-order chi connectivity index (χ0) is 20.3. The van der Waals surface area contributed by atoms with E-state index in [1.165, 1.54) is 18.2 Å². The molecule has 1 heterocycles. The first-order valence-corrected chi connectivity index (χ1v) is 9.46. The topological polar surface area (TPSA) is 72.3 Å². The number of hydrogen-bond donors (Lipinski definition) is 1. The first-order chi connectivity index (χ1) is 13.2. The minimum atomic E-state index is -1.01. The van der Waals surface area contributed by atoms with Gasteiger partial charge in [-0.3, -0.25) is 0 Å². The number of nitrogens with zero attached hydrogens (tertiary/aromatic N) is 2. The van der Waals surface area contributed by atoms with Gasteiger partial charge in [0.15, 0.2) is 6.10 Å². The van der Waals surface area contributed by atoms with Crippen LogP contribution in [0.5, 0.6) is 0 Å². The highest BCUT2D eigenvalue weighted by molar-refractivity contribution is 5.72. The van der Waals surface area contributed by atoms with E-state index < -0.39 is 34.7 Å². The molecule has 2 aromatic rings. The molecule has 0 unspecified atom stereocenters. The fourth-order valence-electron chi connectivity index (χ4n) is 4.95. The number of carboxylic acid groups (broad SMARTS) is 1. The van der Waals surface area contributed by atoms with Crippen molar-refractivity contribution in [2.24, 2.45) is 5.41 Å². The van der Waals surface area contributed by atoms with Gasteiger partial charge in [-0.15, -0.1) is 5.10 Å². The van der Waals surface area contributed by atoms with Crippen molar-refractivity contribution in [3.63, 3.8) is 0 Å². The molecule has 5 nitrogen and oxygen atoms in total. The molecule has 1 aromatic carbocycles. The van der Waals surface area contributed by atoms with Crippen LogP contribution in [0.1, 0.15) is 57.2 Å². The minimum Gasteiger partial charge on any atom is -0.479 e. The van der Waals surface area contributed by atoms with Crippen molar-refractivity contribution in [1.29, 1.82) is 0 Å². The second-order valence-electron chi connectivity index (χ2n) is 8.12. The van der Waals surface area contributed by atoms with Gasteiger partial charge in [-0.05, 0) is 48.9 Å². The van der Waals surface area contributed by atoms with Gasteiger partial charge in [-0.1, -0.05) is 26.8 Å². The summed E-state index contributed by atoms with van der Waals surface area (Å²) in [6.45, 7) is 5.83. The lowest BCUT2D eigenvalue weighted by atomic mass is 9.77. The largest absolute Gasteiger partial charge is 0.479 e. The minimum absolute atomic E-state index is 0.0536. The number of fused-ring (bicyclic) bond motifs is 5. The molecule has 1 N–H and O–H groups in total. The van der Waals surface area contributed by atoms with Gasteiger partial charge < -0.3 is 9.84 Å². The lowest BCUT2D eigenvalue weighted by Gasteiger charge is -2.39. The first-order valence-electron chi connectivity index (χ1n) is 9.46. The Balaban J connectivity index is 1.84. The molecule has 0 amide bonds. The molecular weight excluding hydrogens is 366 g/mol. The molecule has 3 atom stereocenters. The Bertz CT molecular complexity index is 942. The van der Waals surface area contributed by atoms with E-state index in [9.17, 15) is 18.7 Å². The molecule has 0 radical (unpaired) electrons. The van der Waals surface area contributed by atoms with E-state index in [2.05, 4.69) is 10.2 Å². The lowest BCUT2D eigenvalue weighted by Crippen LogP contribution is -2.43. The number of hydrogen-bond acceptors (Lipinski definition) is 4. The summed E-state index contributed by atoms with van der Waals surface area (Å²) in [5, 5.41) is 17.9. The van der Waals surface area contributed by atoms with Crippen LogP contribution in [0.4, 0.5) is 8.78 Å². The molecule has 2 aliphatic rings. The van der Waals surface area contributed by atoms with Crippen molar-refractivity contribution < 1.29 is 23.4 Å². The molecule has 7 heteroatoms. The molecule has 1 aromatic heterocycles. The van der Waals surface area contributed by atoms with Crippen LogP contribution in [0.25, 0.3) is 11.3 Å². The highest BCUT2D eigenvalue weighted by Crippen LogP contribution is 2.68. The predicted octanol–water partition coefficient (Wildman–Crippen LogP) is 4.41. The number of halogens is 2. The summed E-state index contributed by atoms with van der Waals surface area (Å²) >= 11 is 0. The van der Waals surface area contributed by atoms with Crippen molar-refractivity contribution in [2.75, 3.05) is 0 Å². The van der Waals surface area contributed by atoms with E-state index >= 15 is 0 Å². The molecule has 1 saturated carbocycles. The molecule has 28 heavy (non-hydrogen) atoms. The van der Waals surface area contributed by atoms with Gasteiger partial charge in [0, 0.05) is 5.41 Å². The van der Waals surface area contributed by atoms with Crippen LogP contribution in [0.3, 0.4) is 0 Å². The van der Waals surface area contributed by atoms with Crippen LogP contribution in [-0.4, -0.2) is 27.4 Å². The zero-order valence-electron chi connectivity index (χ0n) is 16.0. The van der Waals surface area contributed by atoms with Gasteiger partial charge in [0.2, 0.25) is 0 Å². The van der Waals surface area contributed by atoms with Crippen LogP contribution in [-0.2, 0) is 15.1 Å². The fourth-order valence-corrected chi connectivity index (χ4v) is 4.95. The average Bonchev–Trinajstić information content (AvgIpc) is 3.00. The lowest BCUT2D eigenvalue weighted by molar-refractivity contribution is -0.181. The summed E-state index contributed by atoms with van der Waals surface area (Å²) in [7, 11) is 0. The number of aromatic nitrogens is 2. The summed E-state index contributed by atoms with van der Waals surface area (Å²) in [4.78, 5) is 11.6. The normalized spacial score (nSPS) is 25.5. The third kappa shape index (κ3) is 2.42. The van der Waals surface area contributed by atoms with Crippen molar-refractivity contribution in [2.45, 2.75) is 57.7 Å². The summed E-state index contributed by atoms with van der Waals surface area (Å²) in [5.74, 6) is -2.35. The van der Waals surface area contributed by atoms with Crippen LogP contribution in [0.15, 0.2) is 24.3 Å². The molecule has 2 bridgehead atoms.